The van der Waals surface area contributed by atoms with Crippen LogP contribution >= 0.6 is 0 Å². The Bertz CT molecular complexity index is 992. The first-order valence-corrected chi connectivity index (χ1v) is 12.5. The second-order valence-corrected chi connectivity index (χ2v) is 11.1. The lowest BCUT2D eigenvalue weighted by Gasteiger charge is -2.34. The molecule has 7 heteroatoms. The van der Waals surface area contributed by atoms with Crippen molar-refractivity contribution in [1.29, 1.82) is 0 Å². The van der Waals surface area contributed by atoms with Gasteiger partial charge in [-0.05, 0) is 89.3 Å². The molecule has 3 heterocycles. The van der Waals surface area contributed by atoms with Crippen molar-refractivity contribution in [2.24, 2.45) is 11.7 Å². The van der Waals surface area contributed by atoms with E-state index in [1.807, 2.05) is 37.9 Å². The Labute approximate surface area is 196 Å². The van der Waals surface area contributed by atoms with Crippen LogP contribution in [0.4, 0.5) is 4.79 Å². The first-order chi connectivity index (χ1) is 15.8. The fourth-order valence-electron chi connectivity index (χ4n) is 5.21. The zero-order valence-corrected chi connectivity index (χ0v) is 20.2. The van der Waals surface area contributed by atoms with E-state index in [1.165, 1.54) is 29.7 Å². The van der Waals surface area contributed by atoms with Gasteiger partial charge in [0.25, 0.3) is 0 Å². The number of ether oxygens (including phenoxy) is 1. The number of carbonyl (C=O) groups is 1. The highest BCUT2D eigenvalue weighted by Crippen LogP contribution is 2.47. The summed E-state index contributed by atoms with van der Waals surface area (Å²) in [6.07, 6.45) is 10.5. The minimum atomic E-state index is -0.464. The highest BCUT2D eigenvalue weighted by Gasteiger charge is 2.36. The van der Waals surface area contributed by atoms with E-state index in [-0.39, 0.29) is 6.09 Å². The van der Waals surface area contributed by atoms with E-state index >= 15 is 0 Å². The maximum Gasteiger partial charge on any atom is 0.410 e. The van der Waals surface area contributed by atoms with Crippen molar-refractivity contribution in [3.05, 3.63) is 35.8 Å². The van der Waals surface area contributed by atoms with Crippen LogP contribution in [0.1, 0.15) is 88.4 Å². The molecular formula is C26H37N5O2. The van der Waals surface area contributed by atoms with Crippen molar-refractivity contribution in [2.75, 3.05) is 19.6 Å². The third-order valence-electron chi connectivity index (χ3n) is 7.32. The fraction of sp³-hybridized carbons (Fsp3) is 0.654. The summed E-state index contributed by atoms with van der Waals surface area (Å²) in [4.78, 5) is 19.2. The average molecular weight is 452 g/mol. The Morgan fingerprint density at radius 1 is 1.15 bits per heavy atom. The van der Waals surface area contributed by atoms with Crippen molar-refractivity contribution in [3.8, 4) is 11.3 Å². The van der Waals surface area contributed by atoms with Crippen molar-refractivity contribution in [1.82, 2.24) is 19.7 Å². The molecule has 0 radical (unpaired) electrons. The molecule has 3 aliphatic rings. The maximum absolute atomic E-state index is 12.5. The summed E-state index contributed by atoms with van der Waals surface area (Å²) < 4.78 is 7.77. The Morgan fingerprint density at radius 2 is 1.88 bits per heavy atom. The van der Waals surface area contributed by atoms with Gasteiger partial charge in [-0.1, -0.05) is 6.07 Å². The first-order valence-electron chi connectivity index (χ1n) is 12.5. The van der Waals surface area contributed by atoms with Gasteiger partial charge in [-0.15, -0.1) is 0 Å². The lowest BCUT2D eigenvalue weighted by atomic mass is 9.80. The van der Waals surface area contributed by atoms with Crippen LogP contribution in [-0.2, 0) is 4.74 Å². The molecule has 2 aliphatic carbocycles. The number of carbonyl (C=O) groups excluding carboxylic acids is 1. The number of likely N-dealkylation sites (tertiary alicyclic amines) is 1. The number of rotatable bonds is 5. The lowest BCUT2D eigenvalue weighted by molar-refractivity contribution is 0.0205. The van der Waals surface area contributed by atoms with Gasteiger partial charge in [-0.25, -0.2) is 4.79 Å². The van der Waals surface area contributed by atoms with Gasteiger partial charge in [0.15, 0.2) is 0 Å². The van der Waals surface area contributed by atoms with Crippen LogP contribution in [0, 0.1) is 5.92 Å². The van der Waals surface area contributed by atoms with Gasteiger partial charge < -0.3 is 15.4 Å². The van der Waals surface area contributed by atoms with Gasteiger partial charge in [-0.3, -0.25) is 9.67 Å². The van der Waals surface area contributed by atoms with E-state index in [0.717, 1.165) is 37.9 Å². The molecular weight excluding hydrogens is 414 g/mol. The topological polar surface area (TPSA) is 86.3 Å². The molecule has 0 unspecified atom stereocenters. The van der Waals surface area contributed by atoms with Crippen LogP contribution in [0.15, 0.2) is 24.5 Å². The monoisotopic (exact) mass is 451 g/mol. The average Bonchev–Trinajstić information content (AvgIpc) is 3.51. The number of hydrogen-bond acceptors (Lipinski definition) is 5. The van der Waals surface area contributed by atoms with E-state index in [0.29, 0.717) is 36.9 Å². The van der Waals surface area contributed by atoms with Crippen molar-refractivity contribution in [2.45, 2.75) is 82.8 Å². The summed E-state index contributed by atoms with van der Waals surface area (Å²) in [5.41, 5.74) is 10.2. The summed E-state index contributed by atoms with van der Waals surface area (Å²) in [7, 11) is 0. The predicted octanol–water partition coefficient (Wildman–Crippen LogP) is 4.85. The summed E-state index contributed by atoms with van der Waals surface area (Å²) in [5, 5.41) is 5.06. The minimum absolute atomic E-state index is 0.207. The Morgan fingerprint density at radius 3 is 2.52 bits per heavy atom. The molecule has 2 aromatic rings. The van der Waals surface area contributed by atoms with Crippen LogP contribution in [-0.4, -0.2) is 51.0 Å². The smallest absolute Gasteiger partial charge is 0.410 e. The summed E-state index contributed by atoms with van der Waals surface area (Å²) in [5.74, 6) is 1.58. The summed E-state index contributed by atoms with van der Waals surface area (Å²) in [6, 6.07) is 4.73. The highest BCUT2D eigenvalue weighted by molar-refractivity contribution is 5.69. The molecule has 0 atom stereocenters. The number of nitrogens with zero attached hydrogens (tertiary/aromatic N) is 4. The minimum Gasteiger partial charge on any atom is -0.444 e. The van der Waals surface area contributed by atoms with E-state index in [1.54, 1.807) is 0 Å². The van der Waals surface area contributed by atoms with E-state index in [4.69, 9.17) is 20.6 Å². The van der Waals surface area contributed by atoms with Crippen LogP contribution in [0.5, 0.6) is 0 Å². The SMILES string of the molecule is CC(C)(C)OC(=O)N1CCC(c2cccnc2-c2cn(C3CC(CN)C3)nc2C2CC2)CC1. The molecule has 5 rings (SSSR count). The second kappa shape index (κ2) is 8.75. The standard InChI is InChI=1S/C26H37N5O2/c1-26(2,3)33-25(32)30-11-8-18(9-12-30)21-5-4-10-28-24(21)22-16-31(20-13-17(14-20)15-27)29-23(22)19-6-7-19/h4-5,10,16-20H,6-9,11-15,27H2,1-3H3. The second-order valence-electron chi connectivity index (χ2n) is 11.1. The lowest BCUT2D eigenvalue weighted by Crippen LogP contribution is -2.41. The molecule has 0 aromatic carbocycles. The predicted molar refractivity (Wildman–Crippen MR) is 128 cm³/mol. The number of amides is 1. The van der Waals surface area contributed by atoms with Crippen LogP contribution < -0.4 is 5.73 Å². The van der Waals surface area contributed by atoms with Gasteiger partial charge >= 0.3 is 6.09 Å². The Hall–Kier alpha value is -2.41. The van der Waals surface area contributed by atoms with Gasteiger partial charge in [0.1, 0.15) is 5.60 Å². The van der Waals surface area contributed by atoms with Gasteiger partial charge in [-0.2, -0.15) is 5.10 Å². The molecule has 178 valence electrons. The Kier molecular flexibility index (Phi) is 5.93. The number of piperidine rings is 1. The number of aromatic nitrogens is 3. The zero-order valence-electron chi connectivity index (χ0n) is 20.2. The number of hydrogen-bond donors (Lipinski definition) is 1. The molecule has 3 fully saturated rings. The quantitative estimate of drug-likeness (QED) is 0.702. The van der Waals surface area contributed by atoms with Crippen LogP contribution in [0.2, 0.25) is 0 Å². The number of pyridine rings is 1. The molecule has 1 aliphatic heterocycles. The highest BCUT2D eigenvalue weighted by atomic mass is 16.6. The third-order valence-corrected chi connectivity index (χ3v) is 7.32. The third kappa shape index (κ3) is 4.79. The van der Waals surface area contributed by atoms with Gasteiger partial charge in [0.05, 0.1) is 17.4 Å². The van der Waals surface area contributed by atoms with E-state index in [9.17, 15) is 4.79 Å². The maximum atomic E-state index is 12.5. The molecule has 33 heavy (non-hydrogen) atoms. The molecule has 0 bridgehead atoms. The summed E-state index contributed by atoms with van der Waals surface area (Å²) >= 11 is 0. The van der Waals surface area contributed by atoms with Crippen molar-refractivity contribution in [3.63, 3.8) is 0 Å². The van der Waals surface area contributed by atoms with Crippen LogP contribution in [0.3, 0.4) is 0 Å². The van der Waals surface area contributed by atoms with Gasteiger partial charge in [0, 0.05) is 37.0 Å². The van der Waals surface area contributed by atoms with Gasteiger partial charge in [0.2, 0.25) is 0 Å². The molecule has 1 saturated heterocycles. The van der Waals surface area contributed by atoms with Crippen molar-refractivity contribution >= 4 is 6.09 Å². The molecule has 0 spiro atoms. The normalized spacial score (nSPS) is 23.9. The molecule has 2 aromatic heterocycles. The first kappa shape index (κ1) is 22.4. The van der Waals surface area contributed by atoms with E-state index in [2.05, 4.69) is 16.9 Å². The van der Waals surface area contributed by atoms with Crippen molar-refractivity contribution < 1.29 is 9.53 Å². The fourth-order valence-corrected chi connectivity index (χ4v) is 5.21. The summed E-state index contributed by atoms with van der Waals surface area (Å²) in [6.45, 7) is 7.94. The number of nitrogens with two attached hydrogens (primary N) is 1. The Balaban J connectivity index is 1.35. The molecule has 2 N–H and O–H groups in total. The zero-order chi connectivity index (χ0) is 23.2. The molecule has 2 saturated carbocycles. The molecule has 1 amide bonds. The van der Waals surface area contributed by atoms with Crippen LogP contribution in [0.25, 0.3) is 11.3 Å². The van der Waals surface area contributed by atoms with E-state index < -0.39 is 5.60 Å². The largest absolute Gasteiger partial charge is 0.444 e. The molecule has 7 nitrogen and oxygen atoms in total.